The van der Waals surface area contributed by atoms with Crippen LogP contribution in [0.3, 0.4) is 0 Å². The topological polar surface area (TPSA) is 96.7 Å². The molecule has 0 saturated carbocycles. The van der Waals surface area contributed by atoms with Crippen molar-refractivity contribution in [2.45, 2.75) is 39.5 Å². The van der Waals surface area contributed by atoms with Gasteiger partial charge in [0.15, 0.2) is 0 Å². The van der Waals surface area contributed by atoms with E-state index in [1.165, 1.54) is 18.2 Å². The minimum atomic E-state index is -3.90. The lowest BCUT2D eigenvalue weighted by Crippen LogP contribution is -2.31. The largest absolute Gasteiger partial charge is 0.497 e. The van der Waals surface area contributed by atoms with Crippen LogP contribution in [0.15, 0.2) is 41.3 Å². The van der Waals surface area contributed by atoms with Gasteiger partial charge in [0.2, 0.25) is 10.0 Å². The van der Waals surface area contributed by atoms with Crippen LogP contribution < -0.4 is 20.7 Å². The van der Waals surface area contributed by atoms with Gasteiger partial charge < -0.3 is 15.1 Å². The van der Waals surface area contributed by atoms with E-state index < -0.39 is 15.8 Å². The van der Waals surface area contributed by atoms with E-state index in [2.05, 4.69) is 10.9 Å². The summed E-state index contributed by atoms with van der Waals surface area (Å²) in [5.74, 6) is -0.228. The summed E-state index contributed by atoms with van der Waals surface area (Å²) in [5.41, 5.74) is 6.26. The number of nitrogens with zero attached hydrogens (tertiary/aromatic N) is 1. The van der Waals surface area contributed by atoms with Crippen molar-refractivity contribution < 1.29 is 21.9 Å². The Kier molecular flexibility index (Phi) is 17.3. The van der Waals surface area contributed by atoms with Gasteiger partial charge in [-0.25, -0.2) is 27.8 Å². The Morgan fingerprint density at radius 3 is 1.97 bits per heavy atom. The highest BCUT2D eigenvalue weighted by molar-refractivity contribution is 7.89. The van der Waals surface area contributed by atoms with Crippen LogP contribution in [0.25, 0.3) is 0 Å². The fraction of sp³-hybridized carbons (Fsp3) is 0.455. The molecular weight excluding hydrogens is 438 g/mol. The Morgan fingerprint density at radius 1 is 1.03 bits per heavy atom. The van der Waals surface area contributed by atoms with Gasteiger partial charge in [0.1, 0.15) is 17.4 Å². The molecule has 0 saturated heterocycles. The summed E-state index contributed by atoms with van der Waals surface area (Å²) >= 11 is 0. The summed E-state index contributed by atoms with van der Waals surface area (Å²) in [5, 5.41) is 4.96. The minimum Gasteiger partial charge on any atom is -0.497 e. The van der Waals surface area contributed by atoms with Crippen LogP contribution in [0.1, 0.15) is 33.3 Å². The van der Waals surface area contributed by atoms with E-state index >= 15 is 0 Å². The molecule has 10 heteroatoms. The molecule has 0 aliphatic carbocycles. The van der Waals surface area contributed by atoms with E-state index in [0.717, 1.165) is 12.6 Å². The van der Waals surface area contributed by atoms with E-state index in [-0.39, 0.29) is 16.4 Å². The highest BCUT2D eigenvalue weighted by atomic mass is 32.2. The monoisotopic (exact) mass is 476 g/mol. The third kappa shape index (κ3) is 13.2. The maximum atomic E-state index is 13.8. The number of hydrogen-bond acceptors (Lipinski definition) is 6. The van der Waals surface area contributed by atoms with E-state index in [0.29, 0.717) is 17.9 Å². The summed E-state index contributed by atoms with van der Waals surface area (Å²) in [6.07, 6.45) is 0. The molecule has 0 aliphatic rings. The van der Waals surface area contributed by atoms with Crippen molar-refractivity contribution in [3.8, 4) is 5.75 Å². The number of nitrogens with two attached hydrogens (primary N) is 1. The van der Waals surface area contributed by atoms with Crippen molar-refractivity contribution in [2.24, 2.45) is 5.14 Å². The molecule has 0 radical (unpaired) electrons. The molecular formula is C22H38F2N4O3S. The van der Waals surface area contributed by atoms with E-state index in [1.54, 1.807) is 26.2 Å². The summed E-state index contributed by atoms with van der Waals surface area (Å²) in [7, 11) is 1.50. The second-order valence-electron chi connectivity index (χ2n) is 6.16. The molecule has 0 spiro atoms. The Morgan fingerprint density at radius 2 is 1.56 bits per heavy atom. The number of nitrogens with one attached hydrogen (secondary N) is 2. The lowest BCUT2D eigenvalue weighted by molar-refractivity contribution is 0.406. The van der Waals surface area contributed by atoms with E-state index in [1.807, 2.05) is 46.7 Å². The molecule has 2 rings (SSSR count). The molecule has 184 valence electrons. The fourth-order valence-corrected chi connectivity index (χ4v) is 2.65. The number of rotatable bonds is 7. The Bertz CT molecular complexity index is 839. The highest BCUT2D eigenvalue weighted by Crippen LogP contribution is 2.22. The first-order valence-corrected chi connectivity index (χ1v) is 11.9. The number of methoxy groups -OCH3 is 1. The standard InChI is InChI=1S/C11H19FN4O2S.C7H7FO.2C2H6/c1-8-6-9(19(13,17)18)7-10(12)11(8)15-14-4-5-16(2)3;1-9-7-4-2-6(8)3-5-7;2*1-2/h6-7,14-15H,4-5H2,1-3H3,(H2,13,17,18);2-5H,1H3;2*1-2H3. The molecule has 0 amide bonds. The van der Waals surface area contributed by atoms with Gasteiger partial charge in [-0.05, 0) is 63.0 Å². The number of hydrogen-bond donors (Lipinski definition) is 3. The fourth-order valence-electron chi connectivity index (χ4n) is 2.04. The molecule has 0 bridgehead atoms. The van der Waals surface area contributed by atoms with Crippen molar-refractivity contribution in [1.82, 2.24) is 10.3 Å². The van der Waals surface area contributed by atoms with Crippen LogP contribution in [-0.2, 0) is 10.0 Å². The number of aryl methyl sites for hydroxylation is 1. The highest BCUT2D eigenvalue weighted by Gasteiger charge is 2.14. The number of anilines is 1. The molecule has 0 aromatic heterocycles. The van der Waals surface area contributed by atoms with Gasteiger partial charge in [-0.1, -0.05) is 27.7 Å². The number of sulfonamides is 1. The number of hydrazine groups is 1. The van der Waals surface area contributed by atoms with Crippen LogP contribution in [0.5, 0.6) is 5.75 Å². The second-order valence-corrected chi connectivity index (χ2v) is 7.72. The summed E-state index contributed by atoms with van der Waals surface area (Å²) in [6.45, 7) is 11.0. The van der Waals surface area contributed by atoms with Crippen molar-refractivity contribution in [2.75, 3.05) is 39.7 Å². The molecule has 0 unspecified atom stereocenters. The average molecular weight is 477 g/mol. The second kappa shape index (κ2) is 17.3. The molecule has 0 heterocycles. The molecule has 7 nitrogen and oxygen atoms in total. The van der Waals surface area contributed by atoms with Gasteiger partial charge in [0, 0.05) is 13.1 Å². The zero-order valence-electron chi connectivity index (χ0n) is 20.3. The first kappa shape index (κ1) is 31.9. The van der Waals surface area contributed by atoms with Crippen LogP contribution in [0, 0.1) is 18.6 Å². The third-order valence-corrected chi connectivity index (χ3v) is 4.43. The summed E-state index contributed by atoms with van der Waals surface area (Å²) in [6, 6.07) is 8.11. The number of primary sulfonamides is 1. The average Bonchev–Trinajstić information content (AvgIpc) is 2.75. The predicted octanol–water partition coefficient (Wildman–Crippen LogP) is 4.15. The normalized spacial score (nSPS) is 10.0. The van der Waals surface area contributed by atoms with Gasteiger partial charge in [-0.15, -0.1) is 0 Å². The third-order valence-electron chi connectivity index (χ3n) is 3.54. The Hall–Kier alpha value is -2.27. The Balaban J connectivity index is 0. The van der Waals surface area contributed by atoms with Gasteiger partial charge in [0.25, 0.3) is 0 Å². The zero-order chi connectivity index (χ0) is 25.3. The van der Waals surface area contributed by atoms with Gasteiger partial charge in [0.05, 0.1) is 17.7 Å². The lowest BCUT2D eigenvalue weighted by Gasteiger charge is -2.15. The smallest absolute Gasteiger partial charge is 0.238 e. The van der Waals surface area contributed by atoms with E-state index in [9.17, 15) is 17.2 Å². The van der Waals surface area contributed by atoms with Crippen molar-refractivity contribution in [1.29, 1.82) is 0 Å². The first-order chi connectivity index (χ1) is 15.0. The molecule has 0 atom stereocenters. The first-order valence-electron chi connectivity index (χ1n) is 10.3. The molecule has 2 aromatic carbocycles. The van der Waals surface area contributed by atoms with Crippen molar-refractivity contribution >= 4 is 15.7 Å². The van der Waals surface area contributed by atoms with Gasteiger partial charge in [-0.3, -0.25) is 0 Å². The maximum Gasteiger partial charge on any atom is 0.238 e. The maximum absolute atomic E-state index is 13.8. The minimum absolute atomic E-state index is 0.214. The van der Waals surface area contributed by atoms with Crippen LogP contribution >= 0.6 is 0 Å². The number of ether oxygens (including phenoxy) is 1. The SMILES string of the molecule is CC.CC.COc1ccc(F)cc1.Cc1cc(S(N)(=O)=O)cc(F)c1NNCCN(C)C. The van der Waals surface area contributed by atoms with Gasteiger partial charge in [-0.2, -0.15) is 0 Å². The molecule has 2 aromatic rings. The summed E-state index contributed by atoms with van der Waals surface area (Å²) < 4.78 is 53.1. The number of halogens is 2. The van der Waals surface area contributed by atoms with Gasteiger partial charge >= 0.3 is 0 Å². The number of benzene rings is 2. The Labute approximate surface area is 192 Å². The lowest BCUT2D eigenvalue weighted by atomic mass is 10.2. The van der Waals surface area contributed by atoms with Crippen LogP contribution in [0.2, 0.25) is 0 Å². The van der Waals surface area contributed by atoms with E-state index in [4.69, 9.17) is 9.88 Å². The molecule has 4 N–H and O–H groups in total. The van der Waals surface area contributed by atoms with Crippen molar-refractivity contribution in [3.05, 3.63) is 53.6 Å². The number of likely N-dealkylation sites (N-methyl/N-ethyl adjacent to an activating group) is 1. The van der Waals surface area contributed by atoms with Crippen molar-refractivity contribution in [3.63, 3.8) is 0 Å². The molecule has 32 heavy (non-hydrogen) atoms. The molecule has 0 aliphatic heterocycles. The quantitative estimate of drug-likeness (QED) is 0.410. The van der Waals surface area contributed by atoms with Crippen LogP contribution in [0.4, 0.5) is 14.5 Å². The zero-order valence-corrected chi connectivity index (χ0v) is 21.1. The van der Waals surface area contributed by atoms with Crippen LogP contribution in [-0.4, -0.2) is 47.6 Å². The predicted molar refractivity (Wildman–Crippen MR) is 128 cm³/mol. The summed E-state index contributed by atoms with van der Waals surface area (Å²) in [4.78, 5) is 1.74. The molecule has 0 fully saturated rings.